The zero-order chi connectivity index (χ0) is 10.7. The molecule has 1 atom stereocenters. The van der Waals surface area contributed by atoms with Crippen molar-refractivity contribution in [1.82, 2.24) is 0 Å². The van der Waals surface area contributed by atoms with Crippen LogP contribution in [0.15, 0.2) is 12.1 Å². The first-order chi connectivity index (χ1) is 6.54. The largest absolute Gasteiger partial charge is 0.506 e. The van der Waals surface area contributed by atoms with Crippen LogP contribution in [0.3, 0.4) is 0 Å². The molecule has 0 aliphatic heterocycles. The number of phenolic OH excluding ortho intramolecular Hbond substituents is 1. The predicted octanol–water partition coefficient (Wildman–Crippen LogP) is 3.40. The van der Waals surface area contributed by atoms with Crippen LogP contribution < -0.4 is 5.73 Å². The van der Waals surface area contributed by atoms with Gasteiger partial charge in [0.25, 0.3) is 0 Å². The molecule has 1 unspecified atom stereocenters. The Morgan fingerprint density at radius 2 is 2.00 bits per heavy atom. The number of halogens is 3. The molecule has 15 heavy (non-hydrogen) atoms. The summed E-state index contributed by atoms with van der Waals surface area (Å²) in [5, 5.41) is 10.4. The minimum Gasteiger partial charge on any atom is -0.506 e. The average molecular weight is 271 g/mol. The highest BCUT2D eigenvalue weighted by atomic mass is 35.5. The monoisotopic (exact) mass is 269 g/mol. The van der Waals surface area contributed by atoms with Gasteiger partial charge in [-0.15, -0.1) is 12.4 Å². The Kier molecular flexibility index (Phi) is 6.37. The van der Waals surface area contributed by atoms with Gasteiger partial charge < -0.3 is 10.8 Å². The number of benzene rings is 1. The van der Waals surface area contributed by atoms with E-state index in [0.29, 0.717) is 17.0 Å². The Morgan fingerprint density at radius 1 is 1.40 bits per heavy atom. The lowest BCUT2D eigenvalue weighted by Crippen LogP contribution is -2.21. The zero-order valence-electron chi connectivity index (χ0n) is 8.34. The van der Waals surface area contributed by atoms with Gasteiger partial charge in [-0.05, 0) is 30.5 Å². The van der Waals surface area contributed by atoms with E-state index >= 15 is 0 Å². The molecule has 1 aromatic rings. The molecule has 2 nitrogen and oxygen atoms in total. The van der Waals surface area contributed by atoms with E-state index in [-0.39, 0.29) is 29.2 Å². The SMILES string of the molecule is CCC(N)Cc1cc(Cl)cc(Cl)c1O.Cl. The molecule has 0 amide bonds. The lowest BCUT2D eigenvalue weighted by atomic mass is 10.0. The Balaban J connectivity index is 0.00000196. The maximum absolute atomic E-state index is 9.62. The highest BCUT2D eigenvalue weighted by molar-refractivity contribution is 6.35. The van der Waals surface area contributed by atoms with Crippen molar-refractivity contribution in [3.05, 3.63) is 27.7 Å². The third kappa shape index (κ3) is 4.07. The molecule has 1 aromatic carbocycles. The molecule has 0 aliphatic carbocycles. The predicted molar refractivity (Wildman–Crippen MR) is 67.3 cm³/mol. The van der Waals surface area contributed by atoms with Crippen LogP contribution >= 0.6 is 35.6 Å². The van der Waals surface area contributed by atoms with E-state index in [4.69, 9.17) is 28.9 Å². The van der Waals surface area contributed by atoms with Gasteiger partial charge in [-0.2, -0.15) is 0 Å². The molecular weight excluding hydrogens is 256 g/mol. The van der Waals surface area contributed by atoms with Gasteiger partial charge in [0.1, 0.15) is 5.75 Å². The summed E-state index contributed by atoms with van der Waals surface area (Å²) >= 11 is 11.6. The van der Waals surface area contributed by atoms with Gasteiger partial charge in [0.05, 0.1) is 5.02 Å². The molecule has 0 aliphatic rings. The van der Waals surface area contributed by atoms with E-state index in [1.54, 1.807) is 6.07 Å². The van der Waals surface area contributed by atoms with E-state index < -0.39 is 0 Å². The van der Waals surface area contributed by atoms with Crippen LogP contribution in [-0.4, -0.2) is 11.1 Å². The van der Waals surface area contributed by atoms with Gasteiger partial charge in [0, 0.05) is 11.1 Å². The molecule has 86 valence electrons. The molecule has 0 fully saturated rings. The highest BCUT2D eigenvalue weighted by Crippen LogP contribution is 2.31. The Hall–Kier alpha value is -0.150. The van der Waals surface area contributed by atoms with Crippen molar-refractivity contribution >= 4 is 35.6 Å². The van der Waals surface area contributed by atoms with Crippen molar-refractivity contribution in [3.63, 3.8) is 0 Å². The van der Waals surface area contributed by atoms with Gasteiger partial charge in [0.2, 0.25) is 0 Å². The van der Waals surface area contributed by atoms with Gasteiger partial charge in [-0.1, -0.05) is 30.1 Å². The lowest BCUT2D eigenvalue weighted by molar-refractivity contribution is 0.464. The maximum Gasteiger partial charge on any atom is 0.137 e. The minimum absolute atomic E-state index is 0. The summed E-state index contributed by atoms with van der Waals surface area (Å²) in [5.74, 6) is 0.0833. The van der Waals surface area contributed by atoms with E-state index in [9.17, 15) is 5.11 Å². The summed E-state index contributed by atoms with van der Waals surface area (Å²) in [7, 11) is 0. The fourth-order valence-corrected chi connectivity index (χ4v) is 1.74. The molecule has 0 heterocycles. The Labute approximate surface area is 106 Å². The van der Waals surface area contributed by atoms with E-state index in [2.05, 4.69) is 0 Å². The molecule has 0 aromatic heterocycles. The second-order valence-electron chi connectivity index (χ2n) is 3.27. The first-order valence-electron chi connectivity index (χ1n) is 4.47. The van der Waals surface area contributed by atoms with E-state index in [0.717, 1.165) is 6.42 Å². The zero-order valence-corrected chi connectivity index (χ0v) is 10.7. The molecule has 0 saturated heterocycles. The Morgan fingerprint density at radius 3 is 2.53 bits per heavy atom. The summed E-state index contributed by atoms with van der Waals surface area (Å²) in [6, 6.07) is 3.23. The van der Waals surface area contributed by atoms with Crippen molar-refractivity contribution in [3.8, 4) is 5.75 Å². The van der Waals surface area contributed by atoms with Crippen LogP contribution in [0.1, 0.15) is 18.9 Å². The van der Waals surface area contributed by atoms with Gasteiger partial charge in [0.15, 0.2) is 0 Å². The Bertz CT molecular complexity index is 331. The van der Waals surface area contributed by atoms with Gasteiger partial charge in [-0.25, -0.2) is 0 Å². The molecule has 0 bridgehead atoms. The van der Waals surface area contributed by atoms with Gasteiger partial charge >= 0.3 is 0 Å². The average Bonchev–Trinajstić information content (AvgIpc) is 2.13. The first-order valence-corrected chi connectivity index (χ1v) is 5.22. The standard InChI is InChI=1S/C10H13Cl2NO.ClH/c1-2-8(13)4-6-3-7(11)5-9(12)10(6)14;/h3,5,8,14H,2,4,13H2,1H3;1H. The quantitative estimate of drug-likeness (QED) is 0.884. The van der Waals surface area contributed by atoms with Crippen molar-refractivity contribution in [2.24, 2.45) is 5.73 Å². The van der Waals surface area contributed by atoms with Crippen LogP contribution in [0, 0.1) is 0 Å². The van der Waals surface area contributed by atoms with Crippen LogP contribution in [0.2, 0.25) is 10.0 Å². The third-order valence-corrected chi connectivity index (χ3v) is 2.62. The fraction of sp³-hybridized carbons (Fsp3) is 0.400. The molecule has 3 N–H and O–H groups in total. The number of phenols is 1. The van der Waals surface area contributed by atoms with Crippen molar-refractivity contribution < 1.29 is 5.11 Å². The van der Waals surface area contributed by atoms with Crippen LogP contribution in [0.4, 0.5) is 0 Å². The second kappa shape index (κ2) is 6.44. The van der Waals surface area contributed by atoms with Gasteiger partial charge in [-0.3, -0.25) is 0 Å². The number of hydrogen-bond donors (Lipinski definition) is 2. The summed E-state index contributed by atoms with van der Waals surface area (Å²) < 4.78 is 0. The maximum atomic E-state index is 9.62. The molecule has 0 spiro atoms. The topological polar surface area (TPSA) is 46.2 Å². The molecule has 0 radical (unpaired) electrons. The fourth-order valence-electron chi connectivity index (χ4n) is 1.20. The summed E-state index contributed by atoms with van der Waals surface area (Å²) in [6.07, 6.45) is 1.44. The first kappa shape index (κ1) is 14.8. The minimum atomic E-state index is 0. The molecule has 0 saturated carbocycles. The lowest BCUT2D eigenvalue weighted by Gasteiger charge is -2.11. The smallest absolute Gasteiger partial charge is 0.137 e. The van der Waals surface area contributed by atoms with Crippen molar-refractivity contribution in [1.29, 1.82) is 0 Å². The normalized spacial score (nSPS) is 12.0. The van der Waals surface area contributed by atoms with Crippen LogP contribution in [0.25, 0.3) is 0 Å². The molecule has 5 heteroatoms. The summed E-state index contributed by atoms with van der Waals surface area (Å²) in [5.41, 5.74) is 6.48. The van der Waals surface area contributed by atoms with Crippen molar-refractivity contribution in [2.45, 2.75) is 25.8 Å². The molecular formula is C10H14Cl3NO. The van der Waals surface area contributed by atoms with Crippen molar-refractivity contribution in [2.75, 3.05) is 0 Å². The number of hydrogen-bond acceptors (Lipinski definition) is 2. The summed E-state index contributed by atoms with van der Waals surface area (Å²) in [4.78, 5) is 0. The second-order valence-corrected chi connectivity index (χ2v) is 4.11. The van der Waals surface area contributed by atoms with Crippen LogP contribution in [-0.2, 0) is 6.42 Å². The van der Waals surface area contributed by atoms with E-state index in [1.165, 1.54) is 6.07 Å². The number of rotatable bonds is 3. The highest BCUT2D eigenvalue weighted by Gasteiger charge is 2.10. The van der Waals surface area contributed by atoms with Crippen LogP contribution in [0.5, 0.6) is 5.75 Å². The number of nitrogens with two attached hydrogens (primary N) is 1. The number of aromatic hydroxyl groups is 1. The van der Waals surface area contributed by atoms with E-state index in [1.807, 2.05) is 6.92 Å². The third-order valence-electron chi connectivity index (χ3n) is 2.11. The summed E-state index contributed by atoms with van der Waals surface area (Å²) in [6.45, 7) is 1.99. The molecule has 1 rings (SSSR count).